The lowest BCUT2D eigenvalue weighted by Gasteiger charge is -2.13. The first kappa shape index (κ1) is 7.62. The molecule has 0 spiro atoms. The lowest BCUT2D eigenvalue weighted by Crippen LogP contribution is -2.28. The molecule has 0 aromatic rings. The normalized spacial score (nSPS) is 37.2. The minimum Gasteiger partial charge on any atom is -0.227 e. The highest BCUT2D eigenvalue weighted by Gasteiger charge is 2.41. The van der Waals surface area contributed by atoms with Crippen molar-refractivity contribution >= 4 is 9.84 Å². The van der Waals surface area contributed by atoms with E-state index in [0.29, 0.717) is 12.8 Å². The van der Waals surface area contributed by atoms with Gasteiger partial charge in [0.15, 0.2) is 9.84 Å². The van der Waals surface area contributed by atoms with Crippen LogP contribution in [0.1, 0.15) is 19.8 Å². The second-order valence-electron chi connectivity index (χ2n) is 2.80. The summed E-state index contributed by atoms with van der Waals surface area (Å²) >= 11 is 0. The number of hydrogen-bond donors (Lipinski definition) is 0. The molecule has 0 aliphatic carbocycles. The summed E-state index contributed by atoms with van der Waals surface area (Å²) in [5.74, 6) is 2.60. The maximum absolute atomic E-state index is 11.2. The Morgan fingerprint density at radius 3 is 2.40 bits per heavy atom. The summed E-state index contributed by atoms with van der Waals surface area (Å²) in [4.78, 5) is 0. The van der Waals surface area contributed by atoms with E-state index in [0.717, 1.165) is 0 Å². The van der Waals surface area contributed by atoms with Gasteiger partial charge in [-0.2, -0.15) is 0 Å². The predicted octanol–water partition coefficient (Wildman–Crippen LogP) is 0.587. The number of terminal acetylenes is 1. The van der Waals surface area contributed by atoms with E-state index >= 15 is 0 Å². The van der Waals surface area contributed by atoms with E-state index in [2.05, 4.69) is 5.92 Å². The molecule has 1 heterocycles. The van der Waals surface area contributed by atoms with Crippen molar-refractivity contribution in [2.75, 3.05) is 5.75 Å². The van der Waals surface area contributed by atoms with Crippen LogP contribution in [0.15, 0.2) is 0 Å². The largest absolute Gasteiger partial charge is 0.227 e. The van der Waals surface area contributed by atoms with Crippen LogP contribution >= 0.6 is 0 Å². The van der Waals surface area contributed by atoms with Crippen molar-refractivity contribution < 1.29 is 8.42 Å². The first-order chi connectivity index (χ1) is 4.52. The van der Waals surface area contributed by atoms with Gasteiger partial charge in [0, 0.05) is 0 Å². The van der Waals surface area contributed by atoms with E-state index in [4.69, 9.17) is 6.42 Å². The van der Waals surface area contributed by atoms with Gasteiger partial charge in [0.25, 0.3) is 0 Å². The van der Waals surface area contributed by atoms with E-state index in [1.165, 1.54) is 0 Å². The molecule has 0 amide bonds. The van der Waals surface area contributed by atoms with Gasteiger partial charge < -0.3 is 0 Å². The summed E-state index contributed by atoms with van der Waals surface area (Å²) in [5.41, 5.74) is 0. The summed E-state index contributed by atoms with van der Waals surface area (Å²) in [5, 5.41) is 0. The van der Waals surface area contributed by atoms with E-state index in [-0.39, 0.29) is 5.75 Å². The Morgan fingerprint density at radius 2 is 2.20 bits per heavy atom. The molecular formula is C7H10O2S. The molecule has 1 atom stereocenters. The second kappa shape index (κ2) is 2.00. The van der Waals surface area contributed by atoms with Crippen LogP contribution < -0.4 is 0 Å². The average Bonchev–Trinajstić information content (AvgIpc) is 2.10. The SMILES string of the molecule is C#CC1(C)CCCS1(=O)=O. The van der Waals surface area contributed by atoms with E-state index in [1.807, 2.05) is 0 Å². The van der Waals surface area contributed by atoms with Gasteiger partial charge in [0.05, 0.1) is 5.75 Å². The molecular weight excluding hydrogens is 148 g/mol. The van der Waals surface area contributed by atoms with Gasteiger partial charge in [0.2, 0.25) is 0 Å². The smallest absolute Gasteiger partial charge is 0.166 e. The molecule has 1 fully saturated rings. The van der Waals surface area contributed by atoms with Gasteiger partial charge in [-0.05, 0) is 19.8 Å². The van der Waals surface area contributed by atoms with Crippen LogP contribution in [0.4, 0.5) is 0 Å². The quantitative estimate of drug-likeness (QED) is 0.483. The molecule has 3 heteroatoms. The van der Waals surface area contributed by atoms with Crippen LogP contribution in [0.25, 0.3) is 0 Å². The van der Waals surface area contributed by atoms with Gasteiger partial charge in [-0.15, -0.1) is 6.42 Å². The molecule has 2 nitrogen and oxygen atoms in total. The summed E-state index contributed by atoms with van der Waals surface area (Å²) in [6, 6.07) is 0. The molecule has 0 saturated carbocycles. The molecule has 1 unspecified atom stereocenters. The Labute approximate surface area is 61.5 Å². The van der Waals surface area contributed by atoms with Crippen LogP contribution in [0.3, 0.4) is 0 Å². The van der Waals surface area contributed by atoms with E-state index < -0.39 is 14.6 Å². The summed E-state index contributed by atoms with van der Waals surface area (Å²) in [6.07, 6.45) is 6.44. The highest BCUT2D eigenvalue weighted by molar-refractivity contribution is 7.93. The van der Waals surface area contributed by atoms with Crippen molar-refractivity contribution in [3.8, 4) is 12.3 Å². The van der Waals surface area contributed by atoms with E-state index in [9.17, 15) is 8.42 Å². The third-order valence-corrected chi connectivity index (χ3v) is 4.58. The molecule has 56 valence electrons. The molecule has 1 saturated heterocycles. The van der Waals surface area contributed by atoms with Crippen molar-refractivity contribution in [3.63, 3.8) is 0 Å². The fourth-order valence-electron chi connectivity index (χ4n) is 1.14. The Bertz CT molecular complexity index is 270. The Morgan fingerprint density at radius 1 is 1.60 bits per heavy atom. The lowest BCUT2D eigenvalue weighted by molar-refractivity contribution is 0.579. The minimum absolute atomic E-state index is 0.258. The number of hydrogen-bond acceptors (Lipinski definition) is 2. The number of sulfone groups is 1. The number of rotatable bonds is 0. The standard InChI is InChI=1S/C7H10O2S/c1-3-7(2)5-4-6-10(7,8)9/h1H,4-6H2,2H3. The molecule has 0 aromatic heterocycles. The molecule has 1 aliphatic rings. The van der Waals surface area contributed by atoms with Gasteiger partial charge >= 0.3 is 0 Å². The topological polar surface area (TPSA) is 34.1 Å². The van der Waals surface area contributed by atoms with Crippen molar-refractivity contribution in [1.29, 1.82) is 0 Å². The Hall–Kier alpha value is -0.490. The van der Waals surface area contributed by atoms with Gasteiger partial charge in [0.1, 0.15) is 4.75 Å². The first-order valence-electron chi connectivity index (χ1n) is 3.22. The van der Waals surface area contributed by atoms with Crippen molar-refractivity contribution in [2.24, 2.45) is 0 Å². The van der Waals surface area contributed by atoms with Gasteiger partial charge in [-0.3, -0.25) is 0 Å². The summed E-state index contributed by atoms with van der Waals surface area (Å²) < 4.78 is 21.5. The van der Waals surface area contributed by atoms with Crippen LogP contribution in [-0.4, -0.2) is 18.9 Å². The van der Waals surface area contributed by atoms with Crippen molar-refractivity contribution in [1.82, 2.24) is 0 Å². The van der Waals surface area contributed by atoms with Crippen molar-refractivity contribution in [2.45, 2.75) is 24.5 Å². The molecule has 1 rings (SSSR count). The first-order valence-corrected chi connectivity index (χ1v) is 4.87. The van der Waals surface area contributed by atoms with Crippen LogP contribution in [0.5, 0.6) is 0 Å². The summed E-state index contributed by atoms with van der Waals surface area (Å²) in [6.45, 7) is 1.62. The van der Waals surface area contributed by atoms with Crippen LogP contribution in [0, 0.1) is 12.3 Å². The monoisotopic (exact) mass is 158 g/mol. The zero-order valence-electron chi connectivity index (χ0n) is 5.92. The van der Waals surface area contributed by atoms with Gasteiger partial charge in [-0.25, -0.2) is 8.42 Å². The molecule has 0 radical (unpaired) electrons. The molecule has 0 bridgehead atoms. The van der Waals surface area contributed by atoms with E-state index in [1.54, 1.807) is 6.92 Å². The average molecular weight is 158 g/mol. The van der Waals surface area contributed by atoms with Crippen LogP contribution in [-0.2, 0) is 9.84 Å². The Kier molecular flexibility index (Phi) is 1.52. The third-order valence-electron chi connectivity index (χ3n) is 2.06. The maximum atomic E-state index is 11.2. The zero-order valence-corrected chi connectivity index (χ0v) is 6.74. The molecule has 0 aromatic carbocycles. The predicted molar refractivity (Wildman–Crippen MR) is 40.3 cm³/mol. The molecule has 0 N–H and O–H groups in total. The van der Waals surface area contributed by atoms with Crippen molar-refractivity contribution in [3.05, 3.63) is 0 Å². The molecule has 1 aliphatic heterocycles. The third kappa shape index (κ3) is 0.836. The minimum atomic E-state index is -2.97. The second-order valence-corrected chi connectivity index (χ2v) is 5.34. The highest BCUT2D eigenvalue weighted by Crippen LogP contribution is 2.30. The lowest BCUT2D eigenvalue weighted by atomic mass is 10.1. The fourth-order valence-corrected chi connectivity index (χ4v) is 2.75. The van der Waals surface area contributed by atoms with Crippen LogP contribution in [0.2, 0.25) is 0 Å². The fraction of sp³-hybridized carbons (Fsp3) is 0.714. The molecule has 10 heavy (non-hydrogen) atoms. The summed E-state index contributed by atoms with van der Waals surface area (Å²) in [7, 11) is -2.97. The van der Waals surface area contributed by atoms with Gasteiger partial charge in [-0.1, -0.05) is 5.92 Å². The zero-order chi connectivity index (χ0) is 7.83. The highest BCUT2D eigenvalue weighted by atomic mass is 32.2. The Balaban J connectivity index is 3.14. The maximum Gasteiger partial charge on any atom is 0.166 e.